The maximum atomic E-state index is 5.80. The quantitative estimate of drug-likeness (QED) is 0.883. The molecule has 2 atom stereocenters. The summed E-state index contributed by atoms with van der Waals surface area (Å²) in [6.45, 7) is 5.12. The molecule has 1 aliphatic rings. The first-order valence-electron chi connectivity index (χ1n) is 7.26. The fourth-order valence-corrected chi connectivity index (χ4v) is 2.45. The van der Waals surface area contributed by atoms with Gasteiger partial charge in [0.2, 0.25) is 0 Å². The van der Waals surface area contributed by atoms with E-state index < -0.39 is 0 Å². The number of likely N-dealkylation sites (N-methyl/N-ethyl adjacent to an activating group) is 1. The Morgan fingerprint density at radius 1 is 1.32 bits per heavy atom. The Balaban J connectivity index is 1.91. The van der Waals surface area contributed by atoms with Crippen LogP contribution in [-0.2, 0) is 0 Å². The smallest absolute Gasteiger partial charge is 0.119 e. The van der Waals surface area contributed by atoms with E-state index in [2.05, 4.69) is 49.4 Å². The molecule has 0 spiro atoms. The lowest BCUT2D eigenvalue weighted by molar-refractivity contribution is 0.260. The fourth-order valence-electron chi connectivity index (χ4n) is 2.45. The molecule has 1 heterocycles. The van der Waals surface area contributed by atoms with E-state index in [9.17, 15) is 0 Å². The van der Waals surface area contributed by atoms with Crippen molar-refractivity contribution in [3.05, 3.63) is 29.8 Å². The summed E-state index contributed by atoms with van der Waals surface area (Å²) < 4.78 is 5.80. The topological polar surface area (TPSA) is 24.5 Å². The minimum atomic E-state index is 0.494. The third kappa shape index (κ3) is 4.51. The largest absolute Gasteiger partial charge is 0.492 e. The van der Waals surface area contributed by atoms with Gasteiger partial charge < -0.3 is 15.0 Å². The van der Waals surface area contributed by atoms with Gasteiger partial charge in [0.25, 0.3) is 0 Å². The zero-order valence-electron chi connectivity index (χ0n) is 12.4. The maximum absolute atomic E-state index is 5.80. The summed E-state index contributed by atoms with van der Waals surface area (Å²) in [5, 5.41) is 3.62. The molecule has 1 aromatic rings. The molecular weight excluding hydrogens is 236 g/mol. The monoisotopic (exact) mass is 262 g/mol. The van der Waals surface area contributed by atoms with Gasteiger partial charge in [-0.15, -0.1) is 0 Å². The molecule has 0 aliphatic carbocycles. The van der Waals surface area contributed by atoms with E-state index in [4.69, 9.17) is 4.74 Å². The summed E-state index contributed by atoms with van der Waals surface area (Å²) in [4.78, 5) is 2.13. The van der Waals surface area contributed by atoms with Crippen molar-refractivity contribution in [1.29, 1.82) is 0 Å². The average molecular weight is 262 g/mol. The van der Waals surface area contributed by atoms with Gasteiger partial charge in [-0.3, -0.25) is 0 Å². The SMILES string of the molecule is C[C@H]1CCC(c2cccc(OCCN(C)C)c2)NC1. The van der Waals surface area contributed by atoms with E-state index >= 15 is 0 Å². The number of rotatable bonds is 5. The van der Waals surface area contributed by atoms with Gasteiger partial charge in [0.15, 0.2) is 0 Å². The third-order valence-electron chi connectivity index (χ3n) is 3.73. The van der Waals surface area contributed by atoms with Crippen molar-refractivity contribution in [2.75, 3.05) is 33.8 Å². The predicted octanol–water partition coefficient (Wildman–Crippen LogP) is 2.69. The van der Waals surface area contributed by atoms with Gasteiger partial charge in [-0.05, 0) is 57.1 Å². The van der Waals surface area contributed by atoms with Crippen LogP contribution < -0.4 is 10.1 Å². The predicted molar refractivity (Wildman–Crippen MR) is 79.6 cm³/mol. The van der Waals surface area contributed by atoms with Crippen LogP contribution in [0.5, 0.6) is 5.75 Å². The van der Waals surface area contributed by atoms with Crippen molar-refractivity contribution in [2.24, 2.45) is 5.92 Å². The van der Waals surface area contributed by atoms with Crippen LogP contribution in [0, 0.1) is 5.92 Å². The highest BCUT2D eigenvalue weighted by atomic mass is 16.5. The molecule has 0 saturated carbocycles. The van der Waals surface area contributed by atoms with Crippen LogP contribution in [0.3, 0.4) is 0 Å². The Hall–Kier alpha value is -1.06. The zero-order valence-corrected chi connectivity index (χ0v) is 12.4. The van der Waals surface area contributed by atoms with E-state index in [-0.39, 0.29) is 0 Å². The lowest BCUT2D eigenvalue weighted by atomic mass is 9.92. The van der Waals surface area contributed by atoms with Crippen molar-refractivity contribution in [2.45, 2.75) is 25.8 Å². The molecule has 1 fully saturated rings. The number of hydrogen-bond acceptors (Lipinski definition) is 3. The van der Waals surface area contributed by atoms with Gasteiger partial charge in [0.05, 0.1) is 0 Å². The van der Waals surface area contributed by atoms with Gasteiger partial charge in [-0.2, -0.15) is 0 Å². The van der Waals surface area contributed by atoms with Crippen LogP contribution in [-0.4, -0.2) is 38.7 Å². The Kier molecular flexibility index (Phi) is 5.23. The van der Waals surface area contributed by atoms with Crippen LogP contribution in [0.2, 0.25) is 0 Å². The summed E-state index contributed by atoms with van der Waals surface area (Å²) in [7, 11) is 4.12. The molecule has 0 radical (unpaired) electrons. The molecule has 2 rings (SSSR count). The number of benzene rings is 1. The van der Waals surface area contributed by atoms with Crippen molar-refractivity contribution in [3.63, 3.8) is 0 Å². The number of piperidine rings is 1. The fraction of sp³-hybridized carbons (Fsp3) is 0.625. The molecular formula is C16H26N2O. The van der Waals surface area contributed by atoms with Crippen LogP contribution in [0.25, 0.3) is 0 Å². The summed E-state index contributed by atoms with van der Waals surface area (Å²) in [5.74, 6) is 1.79. The minimum Gasteiger partial charge on any atom is -0.492 e. The first-order chi connectivity index (χ1) is 9.15. The van der Waals surface area contributed by atoms with Gasteiger partial charge in [0.1, 0.15) is 12.4 Å². The number of nitrogens with zero attached hydrogens (tertiary/aromatic N) is 1. The first kappa shape index (κ1) is 14.4. The highest BCUT2D eigenvalue weighted by molar-refractivity contribution is 5.30. The summed E-state index contributed by atoms with van der Waals surface area (Å²) in [5.41, 5.74) is 1.36. The second-order valence-electron chi connectivity index (χ2n) is 5.87. The van der Waals surface area contributed by atoms with Gasteiger partial charge in [0, 0.05) is 12.6 Å². The molecule has 19 heavy (non-hydrogen) atoms. The molecule has 1 aliphatic heterocycles. The maximum Gasteiger partial charge on any atom is 0.119 e. The van der Waals surface area contributed by atoms with Crippen LogP contribution in [0.1, 0.15) is 31.4 Å². The molecule has 0 aromatic heterocycles. The lowest BCUT2D eigenvalue weighted by Crippen LogP contribution is -2.31. The molecule has 1 unspecified atom stereocenters. The van der Waals surface area contributed by atoms with E-state index in [0.717, 1.165) is 31.4 Å². The number of hydrogen-bond donors (Lipinski definition) is 1. The Bertz CT molecular complexity index is 384. The first-order valence-corrected chi connectivity index (χ1v) is 7.26. The summed E-state index contributed by atoms with van der Waals surface area (Å²) >= 11 is 0. The molecule has 1 N–H and O–H groups in total. The minimum absolute atomic E-state index is 0.494. The van der Waals surface area contributed by atoms with E-state index in [1.54, 1.807) is 0 Å². The van der Waals surface area contributed by atoms with Gasteiger partial charge in [-0.25, -0.2) is 0 Å². The van der Waals surface area contributed by atoms with Crippen LogP contribution in [0.4, 0.5) is 0 Å². The molecule has 3 heteroatoms. The van der Waals surface area contributed by atoms with Gasteiger partial charge >= 0.3 is 0 Å². The highest BCUT2D eigenvalue weighted by Gasteiger charge is 2.18. The lowest BCUT2D eigenvalue weighted by Gasteiger charge is -2.28. The second-order valence-corrected chi connectivity index (χ2v) is 5.87. The molecule has 106 valence electrons. The van der Waals surface area contributed by atoms with E-state index in [1.807, 2.05) is 6.07 Å². The third-order valence-corrected chi connectivity index (χ3v) is 3.73. The van der Waals surface area contributed by atoms with Crippen molar-refractivity contribution < 1.29 is 4.74 Å². The highest BCUT2D eigenvalue weighted by Crippen LogP contribution is 2.27. The molecule has 3 nitrogen and oxygen atoms in total. The van der Waals surface area contributed by atoms with E-state index in [0.29, 0.717) is 6.04 Å². The van der Waals surface area contributed by atoms with E-state index in [1.165, 1.54) is 18.4 Å². The van der Waals surface area contributed by atoms with Crippen LogP contribution in [0.15, 0.2) is 24.3 Å². The molecule has 0 amide bonds. The molecule has 0 bridgehead atoms. The Morgan fingerprint density at radius 3 is 2.84 bits per heavy atom. The number of nitrogens with one attached hydrogen (secondary N) is 1. The number of ether oxygens (including phenoxy) is 1. The Labute approximate surface area is 116 Å². The van der Waals surface area contributed by atoms with Gasteiger partial charge in [-0.1, -0.05) is 19.1 Å². The zero-order chi connectivity index (χ0) is 13.7. The standard InChI is InChI=1S/C16H26N2O/c1-13-7-8-16(17-12-13)14-5-4-6-15(11-14)19-10-9-18(2)3/h4-6,11,13,16-17H,7-10,12H2,1-3H3/t13-,16?/m0/s1. The average Bonchev–Trinajstić information content (AvgIpc) is 2.39. The normalized spacial score (nSPS) is 23.6. The van der Waals surface area contributed by atoms with Crippen molar-refractivity contribution >= 4 is 0 Å². The molecule has 1 saturated heterocycles. The van der Waals surface area contributed by atoms with Crippen molar-refractivity contribution in [1.82, 2.24) is 10.2 Å². The summed E-state index contributed by atoms with van der Waals surface area (Å²) in [6, 6.07) is 9.02. The summed E-state index contributed by atoms with van der Waals surface area (Å²) in [6.07, 6.45) is 2.53. The Morgan fingerprint density at radius 2 is 2.16 bits per heavy atom. The molecule has 1 aromatic carbocycles. The second kappa shape index (κ2) is 6.92. The van der Waals surface area contributed by atoms with Crippen molar-refractivity contribution in [3.8, 4) is 5.75 Å². The van der Waals surface area contributed by atoms with Crippen LogP contribution >= 0.6 is 0 Å².